The summed E-state index contributed by atoms with van der Waals surface area (Å²) < 4.78 is 4.96. The highest BCUT2D eigenvalue weighted by molar-refractivity contribution is 5.95. The zero-order chi connectivity index (χ0) is 26.4. The number of carbonyl (C=O) groups is 2. The molecule has 2 saturated carbocycles. The molecule has 0 unspecified atom stereocenters. The molecule has 37 heavy (non-hydrogen) atoms. The van der Waals surface area contributed by atoms with E-state index in [2.05, 4.69) is 20.1 Å². The first-order valence-electron chi connectivity index (χ1n) is 13.4. The number of aromatic nitrogens is 1. The molecule has 1 heterocycles. The van der Waals surface area contributed by atoms with Gasteiger partial charge < -0.3 is 14.7 Å². The lowest BCUT2D eigenvalue weighted by Gasteiger charge is -2.42. The van der Waals surface area contributed by atoms with E-state index in [0.717, 1.165) is 25.7 Å². The molecule has 9 heteroatoms. The van der Waals surface area contributed by atoms with Crippen LogP contribution in [0.2, 0.25) is 0 Å². The molecule has 2 aliphatic carbocycles. The maximum absolute atomic E-state index is 13.7. The first kappa shape index (κ1) is 26.6. The lowest BCUT2D eigenvalue weighted by Crippen LogP contribution is -2.48. The number of nitrogens with one attached hydrogen (secondary N) is 1. The van der Waals surface area contributed by atoms with Crippen LogP contribution in [0, 0.1) is 6.92 Å². The molecule has 0 radical (unpaired) electrons. The molecule has 0 atom stereocenters. The number of hydrogen-bond donors (Lipinski definition) is 2. The smallest absolute Gasteiger partial charge is 0.343 e. The van der Waals surface area contributed by atoms with Gasteiger partial charge >= 0.3 is 5.97 Å². The van der Waals surface area contributed by atoms with Crippen LogP contribution in [-0.4, -0.2) is 45.6 Å². The van der Waals surface area contributed by atoms with Crippen LogP contribution in [0.15, 0.2) is 39.3 Å². The zero-order valence-electron chi connectivity index (χ0n) is 21.7. The minimum absolute atomic E-state index is 0.0761. The average Bonchev–Trinajstić information content (AvgIpc) is 2.90. The number of H-pyrrole nitrogens is 1. The second kappa shape index (κ2) is 12.2. The number of amides is 1. The van der Waals surface area contributed by atoms with Crippen LogP contribution in [0.5, 0.6) is 5.88 Å². The van der Waals surface area contributed by atoms with E-state index in [1.54, 1.807) is 31.2 Å². The van der Waals surface area contributed by atoms with Gasteiger partial charge in [-0.05, 0) is 63.8 Å². The number of carbonyl (C=O) groups excluding carboxylic acids is 2. The van der Waals surface area contributed by atoms with Crippen LogP contribution in [0.1, 0.15) is 97.4 Å². The monoisotopic (exact) mass is 508 g/mol. The predicted octanol–water partition coefficient (Wildman–Crippen LogP) is 6.09. The number of pyridine rings is 1. The summed E-state index contributed by atoms with van der Waals surface area (Å²) in [7, 11) is 0. The highest BCUT2D eigenvalue weighted by Gasteiger charge is 2.33. The molecule has 2 aromatic rings. The normalized spacial score (nSPS) is 17.1. The fraction of sp³-hybridized carbons (Fsp3) is 0.536. The van der Waals surface area contributed by atoms with Crippen molar-refractivity contribution in [3.05, 3.63) is 51.3 Å². The highest BCUT2D eigenvalue weighted by atomic mass is 16.5. The lowest BCUT2D eigenvalue weighted by atomic mass is 9.88. The molecule has 1 amide bonds. The number of aromatic hydroxyl groups is 1. The van der Waals surface area contributed by atoms with Crippen LogP contribution in [0.4, 0.5) is 11.4 Å². The van der Waals surface area contributed by atoms with Gasteiger partial charge in [-0.3, -0.25) is 14.6 Å². The Bertz CT molecular complexity index is 1170. The molecule has 1 aromatic heterocycles. The molecule has 1 aromatic carbocycles. The van der Waals surface area contributed by atoms with E-state index in [1.807, 2.05) is 0 Å². The molecule has 2 fully saturated rings. The predicted molar refractivity (Wildman–Crippen MR) is 140 cm³/mol. The number of rotatable bonds is 7. The van der Waals surface area contributed by atoms with Crippen LogP contribution in [0.25, 0.3) is 0 Å². The Morgan fingerprint density at radius 1 is 0.973 bits per heavy atom. The summed E-state index contributed by atoms with van der Waals surface area (Å²) in [4.78, 5) is 42.6. The molecule has 0 aliphatic heterocycles. The van der Waals surface area contributed by atoms with E-state index < -0.39 is 17.4 Å². The van der Waals surface area contributed by atoms with Crippen molar-refractivity contribution in [2.75, 3.05) is 6.61 Å². The Hall–Kier alpha value is -3.49. The van der Waals surface area contributed by atoms with Crippen LogP contribution in [0.3, 0.4) is 0 Å². The third-order valence-corrected chi connectivity index (χ3v) is 7.44. The van der Waals surface area contributed by atoms with Gasteiger partial charge in [0, 0.05) is 23.2 Å². The van der Waals surface area contributed by atoms with E-state index in [0.29, 0.717) is 23.3 Å². The van der Waals surface area contributed by atoms with Crippen molar-refractivity contribution in [1.29, 1.82) is 0 Å². The first-order valence-corrected chi connectivity index (χ1v) is 13.4. The van der Waals surface area contributed by atoms with Gasteiger partial charge in [0.1, 0.15) is 5.56 Å². The Labute approximate surface area is 216 Å². The topological polar surface area (TPSA) is 124 Å². The van der Waals surface area contributed by atoms with Crippen molar-refractivity contribution in [3.8, 4) is 5.88 Å². The van der Waals surface area contributed by atoms with Gasteiger partial charge in [-0.15, -0.1) is 5.11 Å². The summed E-state index contributed by atoms with van der Waals surface area (Å²) >= 11 is 0. The number of nitrogens with zero attached hydrogens (tertiary/aromatic N) is 3. The summed E-state index contributed by atoms with van der Waals surface area (Å²) in [6.45, 7) is 3.27. The number of hydrogen-bond acceptors (Lipinski definition) is 7. The van der Waals surface area contributed by atoms with Gasteiger partial charge in [0.25, 0.3) is 11.5 Å². The number of esters is 1. The summed E-state index contributed by atoms with van der Waals surface area (Å²) in [6, 6.07) is 7.53. The average molecular weight is 509 g/mol. The largest absolute Gasteiger partial charge is 0.494 e. The standard InChI is InChI=1S/C28H36N4O5/c1-3-37-28(36)23-18(2)24(26(34)29-25(23)33)31-30-20-16-14-19(15-17-20)27(35)32(21-10-6-4-7-11-21)22-12-8-5-9-13-22/h14-17,21-22H,3-13H2,1-2H3,(H2,29,33,34). The van der Waals surface area contributed by atoms with Crippen molar-refractivity contribution in [2.45, 2.75) is 90.1 Å². The molecular weight excluding hydrogens is 472 g/mol. The minimum atomic E-state index is -0.756. The summed E-state index contributed by atoms with van der Waals surface area (Å²) in [5.74, 6) is -1.25. The molecule has 4 rings (SSSR count). The summed E-state index contributed by atoms with van der Waals surface area (Å²) in [5.41, 5.74) is 0.338. The van der Waals surface area contributed by atoms with Crippen LogP contribution >= 0.6 is 0 Å². The van der Waals surface area contributed by atoms with Gasteiger partial charge in [0.15, 0.2) is 5.69 Å². The molecule has 2 aliphatic rings. The molecule has 2 N–H and O–H groups in total. The number of benzene rings is 1. The second-order valence-corrected chi connectivity index (χ2v) is 9.91. The van der Waals surface area contributed by atoms with E-state index in [9.17, 15) is 19.5 Å². The first-order chi connectivity index (χ1) is 17.9. The van der Waals surface area contributed by atoms with E-state index in [-0.39, 0.29) is 29.3 Å². The van der Waals surface area contributed by atoms with Crippen molar-refractivity contribution < 1.29 is 19.4 Å². The Balaban J connectivity index is 1.55. The van der Waals surface area contributed by atoms with Crippen molar-refractivity contribution >= 4 is 23.3 Å². The number of aromatic amines is 1. The fourth-order valence-corrected chi connectivity index (χ4v) is 5.54. The van der Waals surface area contributed by atoms with E-state index in [1.165, 1.54) is 45.4 Å². The molecular formula is C28H36N4O5. The van der Waals surface area contributed by atoms with Gasteiger partial charge in [-0.2, -0.15) is 5.11 Å². The SMILES string of the molecule is CCOC(=O)c1c(O)[nH]c(=O)c(N=Nc2ccc(C(=O)N(C3CCCCC3)C3CCCCC3)cc2)c1C. The van der Waals surface area contributed by atoms with Crippen LogP contribution in [-0.2, 0) is 4.74 Å². The maximum atomic E-state index is 13.7. The Morgan fingerprint density at radius 3 is 2.08 bits per heavy atom. The summed E-state index contributed by atoms with van der Waals surface area (Å²) in [6.07, 6.45) is 11.5. The Morgan fingerprint density at radius 2 is 1.54 bits per heavy atom. The van der Waals surface area contributed by atoms with Crippen LogP contribution < -0.4 is 5.56 Å². The lowest BCUT2D eigenvalue weighted by molar-refractivity contribution is 0.0447. The third kappa shape index (κ3) is 6.09. The maximum Gasteiger partial charge on any atom is 0.343 e. The number of ether oxygens (including phenoxy) is 1. The number of azo groups is 1. The second-order valence-electron chi connectivity index (χ2n) is 9.91. The van der Waals surface area contributed by atoms with Gasteiger partial charge in [-0.1, -0.05) is 38.5 Å². The molecule has 198 valence electrons. The minimum Gasteiger partial charge on any atom is -0.494 e. The van der Waals surface area contributed by atoms with E-state index in [4.69, 9.17) is 4.74 Å². The Kier molecular flexibility index (Phi) is 8.74. The zero-order valence-corrected chi connectivity index (χ0v) is 21.7. The molecule has 0 bridgehead atoms. The molecule has 0 spiro atoms. The van der Waals surface area contributed by atoms with Crippen molar-refractivity contribution in [1.82, 2.24) is 9.88 Å². The van der Waals surface area contributed by atoms with Gasteiger partial charge in [-0.25, -0.2) is 4.79 Å². The van der Waals surface area contributed by atoms with Crippen molar-refractivity contribution in [2.24, 2.45) is 10.2 Å². The third-order valence-electron chi connectivity index (χ3n) is 7.44. The molecule has 9 nitrogen and oxygen atoms in total. The fourth-order valence-electron chi connectivity index (χ4n) is 5.54. The quantitative estimate of drug-likeness (QED) is 0.346. The van der Waals surface area contributed by atoms with Gasteiger partial charge in [0.2, 0.25) is 5.88 Å². The molecule has 0 saturated heterocycles. The summed E-state index contributed by atoms with van der Waals surface area (Å²) in [5, 5.41) is 18.2. The van der Waals surface area contributed by atoms with E-state index >= 15 is 0 Å². The highest BCUT2D eigenvalue weighted by Crippen LogP contribution is 2.32. The van der Waals surface area contributed by atoms with Crippen molar-refractivity contribution in [3.63, 3.8) is 0 Å². The van der Waals surface area contributed by atoms with Gasteiger partial charge in [0.05, 0.1) is 12.3 Å².